The van der Waals surface area contributed by atoms with Gasteiger partial charge in [0.25, 0.3) is 0 Å². The number of carbonyl (C=O) groups excluding carboxylic acids is 2. The molecule has 6 rings (SSSR count). The summed E-state index contributed by atoms with van der Waals surface area (Å²) in [5.74, 6) is -2.08. The number of nitrogens with zero attached hydrogens (tertiary/aromatic N) is 5. The second-order valence-corrected chi connectivity index (χ2v) is 11.0. The fourth-order valence-electron chi connectivity index (χ4n) is 6.09. The molecule has 2 aliphatic rings. The predicted octanol–water partition coefficient (Wildman–Crippen LogP) is 2.70. The van der Waals surface area contributed by atoms with E-state index in [1.807, 2.05) is 0 Å². The number of hydrogen-bond donors (Lipinski definition) is 3. The van der Waals surface area contributed by atoms with Gasteiger partial charge < -0.3 is 15.0 Å². The Labute approximate surface area is 235 Å². The summed E-state index contributed by atoms with van der Waals surface area (Å²) < 4.78 is 42.8. The average Bonchev–Trinajstić information content (AvgIpc) is 3.51. The van der Waals surface area contributed by atoms with Crippen molar-refractivity contribution >= 4 is 45.5 Å². The Morgan fingerprint density at radius 2 is 2.00 bits per heavy atom. The lowest BCUT2D eigenvalue weighted by atomic mass is 9.92. The average molecular weight is 593 g/mol. The second kappa shape index (κ2) is 10.1. The van der Waals surface area contributed by atoms with Crippen LogP contribution in [0.15, 0.2) is 35.4 Å². The molecule has 5 heterocycles. The summed E-state index contributed by atoms with van der Waals surface area (Å²) in [6.45, 7) is -1.10. The maximum Gasteiger partial charge on any atom is 0.414 e. The zero-order chi connectivity index (χ0) is 29.1. The number of piperidine rings is 1. The highest BCUT2D eigenvalue weighted by Crippen LogP contribution is 2.35. The summed E-state index contributed by atoms with van der Waals surface area (Å²) in [6, 6.07) is 4.72. The topological polar surface area (TPSA) is 131 Å². The Kier molecular flexibility index (Phi) is 6.67. The van der Waals surface area contributed by atoms with Gasteiger partial charge in [0.1, 0.15) is 18.3 Å². The van der Waals surface area contributed by atoms with Gasteiger partial charge in [0.15, 0.2) is 0 Å². The van der Waals surface area contributed by atoms with Crippen molar-refractivity contribution in [2.24, 2.45) is 5.92 Å². The highest BCUT2D eigenvalue weighted by Gasteiger charge is 2.40. The normalized spacial score (nSPS) is 18.7. The molecule has 4 aromatic rings. The number of imidazole rings is 1. The minimum atomic E-state index is -4.62. The molecule has 15 heteroatoms. The van der Waals surface area contributed by atoms with Crippen molar-refractivity contribution in [2.45, 2.75) is 44.4 Å². The second-order valence-electron chi connectivity index (χ2n) is 10.6. The van der Waals surface area contributed by atoms with E-state index < -0.39 is 24.5 Å². The van der Waals surface area contributed by atoms with Crippen LogP contribution in [0.2, 0.25) is 5.02 Å². The van der Waals surface area contributed by atoms with Crippen molar-refractivity contribution in [3.05, 3.63) is 57.2 Å². The number of hydrogen-bond acceptors (Lipinski definition) is 5. The Balaban J connectivity index is 1.21. The summed E-state index contributed by atoms with van der Waals surface area (Å²) >= 11 is 6.39. The highest BCUT2D eigenvalue weighted by atomic mass is 35.5. The lowest BCUT2D eigenvalue weighted by Gasteiger charge is -2.33. The molecule has 3 N–H and O–H groups in total. The third-order valence-electron chi connectivity index (χ3n) is 8.00. The quantitative estimate of drug-likeness (QED) is 0.248. The first kappa shape index (κ1) is 27.1. The van der Waals surface area contributed by atoms with Crippen molar-refractivity contribution in [2.75, 3.05) is 19.6 Å². The SMILES string of the molecule is O=C(C[C@@H]1Cc2cc(Cl)c3[nH]ncc3c2CN(CC(F)(F)F)C1=O)N1CCC(n2c(=O)[nH]c3c2ccc[n+]3O)CC1. The molecule has 41 heavy (non-hydrogen) atoms. The van der Waals surface area contributed by atoms with Gasteiger partial charge in [-0.3, -0.25) is 19.3 Å². The standard InChI is InChI=1S/C26H25ClF3N7O4/c27-19-9-14-8-15(24(39)35(13-26(28,29)30)12-18(14)17-11-31-33-22(17)19)10-21(38)34-6-3-16(4-7-34)37-20-2-1-5-36(41)23(20)32-25(37)40/h1-2,5,9,11,15-16,41H,3-4,6-8,10,12-13H2,(H,31,33)/p+1/t15-/m0/s1. The van der Waals surface area contributed by atoms with Crippen LogP contribution in [0.3, 0.4) is 0 Å². The van der Waals surface area contributed by atoms with Gasteiger partial charge in [-0.25, -0.2) is 4.79 Å². The van der Waals surface area contributed by atoms with Gasteiger partial charge in [-0.15, -0.1) is 0 Å². The molecule has 0 unspecified atom stereocenters. The summed E-state index contributed by atoms with van der Waals surface area (Å²) in [5, 5.41) is 17.6. The molecular formula is C26H26ClF3N7O4+. The summed E-state index contributed by atoms with van der Waals surface area (Å²) in [6.07, 6.45) is -1.02. The van der Waals surface area contributed by atoms with E-state index in [-0.39, 0.29) is 42.7 Å². The first-order valence-corrected chi connectivity index (χ1v) is 13.5. The number of carbonyl (C=O) groups is 2. The molecule has 216 valence electrons. The van der Waals surface area contributed by atoms with Crippen LogP contribution >= 0.6 is 11.6 Å². The van der Waals surface area contributed by atoms with E-state index in [9.17, 15) is 32.8 Å². The van der Waals surface area contributed by atoms with Crippen LogP contribution in [0.5, 0.6) is 0 Å². The van der Waals surface area contributed by atoms with E-state index in [1.54, 1.807) is 27.7 Å². The Bertz CT molecular complexity index is 1720. The van der Waals surface area contributed by atoms with Gasteiger partial charge in [-0.05, 0) is 53.3 Å². The highest BCUT2D eigenvalue weighted by molar-refractivity contribution is 6.35. The van der Waals surface area contributed by atoms with Gasteiger partial charge in [0.2, 0.25) is 11.8 Å². The molecule has 0 saturated carbocycles. The predicted molar refractivity (Wildman–Crippen MR) is 139 cm³/mol. The van der Waals surface area contributed by atoms with Gasteiger partial charge in [0, 0.05) is 37.5 Å². The molecule has 0 spiro atoms. The number of H-pyrrole nitrogens is 2. The molecule has 0 aliphatic carbocycles. The van der Waals surface area contributed by atoms with E-state index in [0.29, 0.717) is 58.5 Å². The summed E-state index contributed by atoms with van der Waals surface area (Å²) in [5.41, 5.74) is 2.03. The zero-order valence-electron chi connectivity index (χ0n) is 21.6. The minimum Gasteiger partial charge on any atom is -0.350 e. The molecule has 1 aromatic carbocycles. The van der Waals surface area contributed by atoms with Gasteiger partial charge in [-0.2, -0.15) is 23.3 Å². The molecule has 1 saturated heterocycles. The van der Waals surface area contributed by atoms with Crippen LogP contribution in [-0.2, 0) is 22.6 Å². The fourth-order valence-corrected chi connectivity index (χ4v) is 6.37. The molecule has 3 aromatic heterocycles. The van der Waals surface area contributed by atoms with E-state index in [2.05, 4.69) is 15.2 Å². The smallest absolute Gasteiger partial charge is 0.350 e. The molecule has 1 atom stereocenters. The number of aromatic amines is 2. The fraction of sp³-hybridized carbons (Fsp3) is 0.423. The number of fused-ring (bicyclic) bond motifs is 4. The zero-order valence-corrected chi connectivity index (χ0v) is 22.4. The Morgan fingerprint density at radius 1 is 1.24 bits per heavy atom. The molecule has 2 amide bonds. The molecule has 0 radical (unpaired) electrons. The number of halogens is 4. The van der Waals surface area contributed by atoms with Crippen LogP contribution in [-0.4, -0.2) is 72.4 Å². The van der Waals surface area contributed by atoms with Crippen molar-refractivity contribution < 1.29 is 32.7 Å². The number of rotatable bonds is 4. The van der Waals surface area contributed by atoms with Gasteiger partial charge in [0.05, 0.1) is 22.7 Å². The van der Waals surface area contributed by atoms with E-state index in [0.717, 1.165) is 9.63 Å². The van der Waals surface area contributed by atoms with E-state index >= 15 is 0 Å². The number of pyridine rings is 1. The molecule has 0 bridgehead atoms. The van der Waals surface area contributed by atoms with E-state index in [1.165, 1.54) is 12.4 Å². The van der Waals surface area contributed by atoms with Crippen LogP contribution < -0.4 is 10.4 Å². The monoisotopic (exact) mass is 592 g/mol. The van der Waals surface area contributed by atoms with Crippen LogP contribution in [0, 0.1) is 5.92 Å². The van der Waals surface area contributed by atoms with E-state index in [4.69, 9.17) is 11.6 Å². The maximum absolute atomic E-state index is 13.5. The Hall–Kier alpha value is -4.07. The van der Waals surface area contributed by atoms with Crippen molar-refractivity contribution in [3.8, 4) is 0 Å². The first-order valence-electron chi connectivity index (χ1n) is 13.1. The third-order valence-corrected chi connectivity index (χ3v) is 8.30. The van der Waals surface area contributed by atoms with Crippen molar-refractivity contribution in [3.63, 3.8) is 0 Å². The number of nitrogens with one attached hydrogen (secondary N) is 2. The van der Waals surface area contributed by atoms with Gasteiger partial charge >= 0.3 is 17.5 Å². The lowest BCUT2D eigenvalue weighted by Crippen LogP contribution is -2.44. The van der Waals surface area contributed by atoms with Crippen molar-refractivity contribution in [1.82, 2.24) is 29.5 Å². The largest absolute Gasteiger partial charge is 0.414 e. The molecule has 1 fully saturated rings. The maximum atomic E-state index is 13.5. The minimum absolute atomic E-state index is 0.0669. The summed E-state index contributed by atoms with van der Waals surface area (Å²) in [4.78, 5) is 44.4. The molecule has 11 nitrogen and oxygen atoms in total. The summed E-state index contributed by atoms with van der Waals surface area (Å²) in [7, 11) is 0. The number of benzene rings is 1. The van der Waals surface area contributed by atoms with Crippen LogP contribution in [0.25, 0.3) is 22.1 Å². The Morgan fingerprint density at radius 3 is 2.73 bits per heavy atom. The number of alkyl halides is 3. The number of aromatic nitrogens is 5. The number of likely N-dealkylation sites (tertiary alicyclic amines) is 1. The first-order chi connectivity index (χ1) is 19.5. The third kappa shape index (κ3) is 5.00. The van der Waals surface area contributed by atoms with Crippen LogP contribution in [0.4, 0.5) is 13.2 Å². The van der Waals surface area contributed by atoms with Crippen LogP contribution in [0.1, 0.15) is 36.4 Å². The van der Waals surface area contributed by atoms with Gasteiger partial charge in [-0.1, -0.05) is 11.6 Å². The lowest BCUT2D eigenvalue weighted by molar-refractivity contribution is -0.885. The molecule has 2 aliphatic heterocycles. The van der Waals surface area contributed by atoms with Crippen molar-refractivity contribution in [1.29, 1.82) is 0 Å². The molecular weight excluding hydrogens is 567 g/mol. The number of amides is 2.